The lowest BCUT2D eigenvalue weighted by Gasteiger charge is -2.25. The van der Waals surface area contributed by atoms with Gasteiger partial charge in [0.15, 0.2) is 0 Å². The molecule has 0 unspecified atom stereocenters. The Morgan fingerprint density at radius 1 is 0.727 bits per heavy atom. The van der Waals surface area contributed by atoms with Gasteiger partial charge in [-0.3, -0.25) is 0 Å². The molecule has 0 radical (unpaired) electrons. The summed E-state index contributed by atoms with van der Waals surface area (Å²) in [5.74, 6) is -0.195. The van der Waals surface area contributed by atoms with Crippen molar-refractivity contribution in [2.24, 2.45) is 0 Å². The van der Waals surface area contributed by atoms with Crippen molar-refractivity contribution in [3.05, 3.63) is 11.6 Å². The molecular weight excluding hydrogens is 556 g/mol. The maximum absolute atomic E-state index is 11.7. The van der Waals surface area contributed by atoms with Gasteiger partial charge in [-0.15, -0.1) is 0 Å². The molecule has 2 saturated heterocycles. The van der Waals surface area contributed by atoms with Crippen molar-refractivity contribution in [3.63, 3.8) is 0 Å². The second-order valence-electron chi connectivity index (χ2n) is 14.0. The fourth-order valence-corrected chi connectivity index (χ4v) is 7.27. The van der Waals surface area contributed by atoms with Gasteiger partial charge in [-0.05, 0) is 51.5 Å². The first kappa shape index (κ1) is 37.5. The highest BCUT2D eigenvalue weighted by Crippen LogP contribution is 2.35. The SMILES string of the molecule is CCCCCCCCCCCCCCCCC[C@@H](O)[C@H]1C[C@H](O)[C@H]([C@H]2CC[C@H]([C@H](O)CCCCCC3=C[C@H](C)OC3=O)O2)O1. The molecule has 0 saturated carbocycles. The Balaban J connectivity index is 1.17. The van der Waals surface area contributed by atoms with Gasteiger partial charge in [0.2, 0.25) is 0 Å². The number of carbonyl (C=O) groups is 1. The molecule has 256 valence electrons. The molecule has 0 spiro atoms. The molecule has 0 bridgehead atoms. The maximum Gasteiger partial charge on any atom is 0.334 e. The highest BCUT2D eigenvalue weighted by Gasteiger charge is 2.45. The smallest absolute Gasteiger partial charge is 0.334 e. The number of carbonyl (C=O) groups excluding carboxylic acids is 1. The highest BCUT2D eigenvalue weighted by molar-refractivity contribution is 5.90. The molecule has 2 fully saturated rings. The van der Waals surface area contributed by atoms with E-state index in [0.717, 1.165) is 56.9 Å². The van der Waals surface area contributed by atoms with Crippen LogP contribution in [0.25, 0.3) is 0 Å². The van der Waals surface area contributed by atoms with Crippen LogP contribution in [0.1, 0.15) is 168 Å². The van der Waals surface area contributed by atoms with Crippen LogP contribution >= 0.6 is 0 Å². The second kappa shape index (κ2) is 21.7. The Bertz CT molecular complexity index is 801. The minimum atomic E-state index is -0.643. The van der Waals surface area contributed by atoms with Crippen LogP contribution < -0.4 is 0 Å². The number of ether oxygens (including phenoxy) is 3. The van der Waals surface area contributed by atoms with E-state index in [0.29, 0.717) is 19.3 Å². The summed E-state index contributed by atoms with van der Waals surface area (Å²) in [6.45, 7) is 4.15. The van der Waals surface area contributed by atoms with Crippen molar-refractivity contribution in [2.45, 2.75) is 217 Å². The average Bonchev–Trinajstić information content (AvgIpc) is 3.73. The third-order valence-electron chi connectivity index (χ3n) is 10.0. The van der Waals surface area contributed by atoms with Crippen LogP contribution in [0.3, 0.4) is 0 Å². The van der Waals surface area contributed by atoms with Gasteiger partial charge in [0.1, 0.15) is 12.2 Å². The molecular formula is C37H66O7. The number of unbranched alkanes of at least 4 members (excludes halogenated alkanes) is 16. The normalized spacial score (nSPS) is 28.4. The van der Waals surface area contributed by atoms with Crippen LogP contribution in [0.15, 0.2) is 11.6 Å². The number of cyclic esters (lactones) is 1. The Morgan fingerprint density at radius 2 is 1.25 bits per heavy atom. The molecule has 3 N–H and O–H groups in total. The molecule has 7 heteroatoms. The summed E-state index contributed by atoms with van der Waals surface area (Å²) in [6, 6.07) is 0. The molecule has 0 aliphatic carbocycles. The number of hydrogen-bond acceptors (Lipinski definition) is 7. The zero-order valence-electron chi connectivity index (χ0n) is 28.1. The van der Waals surface area contributed by atoms with Crippen molar-refractivity contribution in [3.8, 4) is 0 Å². The van der Waals surface area contributed by atoms with Crippen molar-refractivity contribution >= 4 is 5.97 Å². The predicted octanol–water partition coefficient (Wildman–Crippen LogP) is 7.86. The molecule has 3 aliphatic rings. The van der Waals surface area contributed by atoms with Gasteiger partial charge in [-0.25, -0.2) is 4.79 Å². The molecule has 0 amide bonds. The van der Waals surface area contributed by atoms with Crippen LogP contribution in [0.5, 0.6) is 0 Å². The van der Waals surface area contributed by atoms with E-state index in [1.54, 1.807) is 0 Å². The Kier molecular flexibility index (Phi) is 18.5. The zero-order valence-corrected chi connectivity index (χ0v) is 28.1. The minimum absolute atomic E-state index is 0.119. The van der Waals surface area contributed by atoms with Gasteiger partial charge in [0.25, 0.3) is 0 Å². The Hall–Kier alpha value is -0.990. The van der Waals surface area contributed by atoms with Crippen molar-refractivity contribution < 1.29 is 34.3 Å². The van der Waals surface area contributed by atoms with Gasteiger partial charge in [-0.1, -0.05) is 116 Å². The molecule has 7 nitrogen and oxygen atoms in total. The van der Waals surface area contributed by atoms with E-state index in [1.165, 1.54) is 83.5 Å². The standard InChI is InChI=1S/C37H66O7/c1-3-4-5-6-7-8-9-10-11-12-13-14-15-16-19-23-31(39)35-27-32(40)36(44-35)34-25-24-33(43-34)30(38)22-20-17-18-21-29-26-28(2)42-37(29)41/h26,28,30-36,38-40H,3-25,27H2,1-2H3/t28-,30+,31+,32-,33+,34+,35+,36+/m0/s1. The minimum Gasteiger partial charge on any atom is -0.455 e. The van der Waals surface area contributed by atoms with Crippen LogP contribution in [0, 0.1) is 0 Å². The lowest BCUT2D eigenvalue weighted by atomic mass is 9.99. The first-order valence-corrected chi connectivity index (χ1v) is 18.7. The largest absolute Gasteiger partial charge is 0.455 e. The number of esters is 1. The number of rotatable bonds is 25. The van der Waals surface area contributed by atoms with Crippen LogP contribution in [0.4, 0.5) is 0 Å². The zero-order chi connectivity index (χ0) is 31.6. The third kappa shape index (κ3) is 13.8. The molecule has 44 heavy (non-hydrogen) atoms. The van der Waals surface area contributed by atoms with E-state index >= 15 is 0 Å². The van der Waals surface area contributed by atoms with E-state index in [4.69, 9.17) is 14.2 Å². The summed E-state index contributed by atoms with van der Waals surface area (Å²) < 4.78 is 17.5. The molecule has 0 aromatic heterocycles. The number of aliphatic hydroxyl groups is 3. The predicted molar refractivity (Wildman–Crippen MR) is 175 cm³/mol. The van der Waals surface area contributed by atoms with E-state index in [9.17, 15) is 20.1 Å². The summed E-state index contributed by atoms with van der Waals surface area (Å²) in [5, 5.41) is 32.2. The second-order valence-corrected chi connectivity index (χ2v) is 14.0. The highest BCUT2D eigenvalue weighted by atomic mass is 16.6. The van der Waals surface area contributed by atoms with Gasteiger partial charge < -0.3 is 29.5 Å². The number of hydrogen-bond donors (Lipinski definition) is 3. The van der Waals surface area contributed by atoms with Gasteiger partial charge in [0.05, 0.1) is 36.6 Å². The summed E-state index contributed by atoms with van der Waals surface area (Å²) in [6.07, 6.45) is 25.4. The molecule has 3 rings (SSSR count). The van der Waals surface area contributed by atoms with Crippen LogP contribution in [-0.2, 0) is 19.0 Å². The summed E-state index contributed by atoms with van der Waals surface area (Å²) in [5.41, 5.74) is 0.772. The lowest BCUT2D eigenvalue weighted by Crippen LogP contribution is -2.37. The van der Waals surface area contributed by atoms with E-state index in [1.807, 2.05) is 13.0 Å². The quantitative estimate of drug-likeness (QED) is 0.0703. The third-order valence-corrected chi connectivity index (χ3v) is 10.0. The summed E-state index contributed by atoms with van der Waals surface area (Å²) in [7, 11) is 0. The van der Waals surface area contributed by atoms with Crippen molar-refractivity contribution in [1.82, 2.24) is 0 Å². The molecule has 0 aromatic carbocycles. The fraction of sp³-hybridized carbons (Fsp3) is 0.919. The molecule has 3 heterocycles. The lowest BCUT2D eigenvalue weighted by molar-refractivity contribution is -0.139. The average molecular weight is 623 g/mol. The van der Waals surface area contributed by atoms with Crippen LogP contribution in [-0.4, -0.2) is 70.1 Å². The number of aliphatic hydroxyl groups excluding tert-OH is 3. The summed E-state index contributed by atoms with van der Waals surface area (Å²) >= 11 is 0. The van der Waals surface area contributed by atoms with Crippen LogP contribution in [0.2, 0.25) is 0 Å². The van der Waals surface area contributed by atoms with Crippen molar-refractivity contribution in [1.29, 1.82) is 0 Å². The van der Waals surface area contributed by atoms with E-state index < -0.39 is 24.4 Å². The van der Waals surface area contributed by atoms with Gasteiger partial charge in [0, 0.05) is 12.0 Å². The molecule has 0 aromatic rings. The van der Waals surface area contributed by atoms with Gasteiger partial charge in [-0.2, -0.15) is 0 Å². The Labute approximate surface area is 268 Å². The molecule has 3 aliphatic heterocycles. The topological polar surface area (TPSA) is 105 Å². The molecule has 8 atom stereocenters. The Morgan fingerprint density at radius 3 is 1.80 bits per heavy atom. The maximum atomic E-state index is 11.7. The summed E-state index contributed by atoms with van der Waals surface area (Å²) in [4.78, 5) is 11.7. The first-order chi connectivity index (χ1) is 21.4. The van der Waals surface area contributed by atoms with Crippen molar-refractivity contribution in [2.75, 3.05) is 0 Å². The first-order valence-electron chi connectivity index (χ1n) is 18.7. The van der Waals surface area contributed by atoms with Gasteiger partial charge >= 0.3 is 5.97 Å². The monoisotopic (exact) mass is 622 g/mol. The van der Waals surface area contributed by atoms with E-state index in [-0.39, 0.29) is 30.4 Å². The fourth-order valence-electron chi connectivity index (χ4n) is 7.27. The van der Waals surface area contributed by atoms with E-state index in [2.05, 4.69) is 6.92 Å².